The maximum Gasteiger partial charge on any atom is 0.308 e. The first-order valence-corrected chi connectivity index (χ1v) is 19.9. The lowest BCUT2D eigenvalue weighted by molar-refractivity contribution is -0.347. The molecular formula is C41H71NO13. The Kier molecular flexibility index (Phi) is 19.3. The third-order valence-corrected chi connectivity index (χ3v) is 11.2. The third kappa shape index (κ3) is 13.4. The van der Waals surface area contributed by atoms with Crippen molar-refractivity contribution in [2.24, 2.45) is 17.8 Å². The SMILES string of the molecule is CO[C@@H]1[C@@H](O[C@@H]2O[C@H](C)[C@@H](O[C@H]3C[C@@](C)(OC)[C@@H](OCCC(C)C)[C@H](C)O3)[C@H](N(C)C)[C@H]2O)[C@@H](CC=O)C[C@@H](C)[C@@H](O)/C=C/C=C/C[C@@H](C)OC(=O)C[C@H]1O. The molecule has 2 fully saturated rings. The van der Waals surface area contributed by atoms with Crippen LogP contribution in [-0.2, 0) is 47.5 Å². The Bertz CT molecular complexity index is 1220. The average Bonchev–Trinajstić information content (AvgIpc) is 3.10. The van der Waals surface area contributed by atoms with Crippen LogP contribution < -0.4 is 0 Å². The number of cyclic esters (lactones) is 1. The van der Waals surface area contributed by atoms with Crippen molar-refractivity contribution in [3.63, 3.8) is 0 Å². The Morgan fingerprint density at radius 1 is 1.00 bits per heavy atom. The van der Waals surface area contributed by atoms with Crippen LogP contribution in [0.3, 0.4) is 0 Å². The highest BCUT2D eigenvalue weighted by atomic mass is 16.7. The van der Waals surface area contributed by atoms with Gasteiger partial charge in [0, 0.05) is 40.1 Å². The number of esters is 1. The van der Waals surface area contributed by atoms with E-state index in [0.29, 0.717) is 25.4 Å². The van der Waals surface area contributed by atoms with Gasteiger partial charge in [-0.15, -0.1) is 0 Å². The van der Waals surface area contributed by atoms with E-state index in [1.807, 2.05) is 52.8 Å². The molecule has 16 atom stereocenters. The molecule has 3 rings (SSSR count). The Morgan fingerprint density at radius 3 is 2.33 bits per heavy atom. The standard InChI is InChI=1S/C41H71NO13/c1-24(2)18-20-50-39-28(6)52-33(23-41(39,7)49-11)54-36-27(5)53-40(35(47)34(36)42(8)9)55-37-29(17-19-43)21-25(3)30(44)16-14-12-13-15-26(4)51-32(46)22-31(45)38(37)48-10/h12-14,16,19,24-31,33-40,44-45,47H,15,17-18,20-23H2,1-11H3/b13-12+,16-14+/t25-,26-,27-,28+,29+,30+,31-,33+,34-,35-,36-,37+,38+,39+,40+,41-/m1/s1. The molecule has 3 N–H and O–H groups in total. The number of hydrogen-bond acceptors (Lipinski definition) is 14. The molecule has 0 spiro atoms. The molecule has 55 heavy (non-hydrogen) atoms. The minimum atomic E-state index is -1.40. The molecule has 0 aliphatic carbocycles. The van der Waals surface area contributed by atoms with E-state index in [2.05, 4.69) is 13.8 Å². The summed E-state index contributed by atoms with van der Waals surface area (Å²) in [5.41, 5.74) is -0.703. The van der Waals surface area contributed by atoms with Crippen LogP contribution in [0.15, 0.2) is 24.3 Å². The predicted molar refractivity (Wildman–Crippen MR) is 205 cm³/mol. The minimum Gasteiger partial charge on any atom is -0.462 e. The smallest absolute Gasteiger partial charge is 0.308 e. The molecular weight excluding hydrogens is 714 g/mol. The van der Waals surface area contributed by atoms with E-state index in [1.54, 1.807) is 32.3 Å². The Morgan fingerprint density at radius 2 is 1.71 bits per heavy atom. The van der Waals surface area contributed by atoms with E-state index in [0.717, 1.165) is 12.7 Å². The first-order chi connectivity index (χ1) is 26.0. The zero-order valence-corrected chi connectivity index (χ0v) is 34.9. The molecule has 0 aromatic carbocycles. The van der Waals surface area contributed by atoms with Gasteiger partial charge >= 0.3 is 5.97 Å². The van der Waals surface area contributed by atoms with Gasteiger partial charge in [-0.25, -0.2) is 0 Å². The summed E-state index contributed by atoms with van der Waals surface area (Å²) in [5, 5.41) is 34.5. The molecule has 0 aromatic heterocycles. The number of rotatable bonds is 13. The van der Waals surface area contributed by atoms with Crippen LogP contribution >= 0.6 is 0 Å². The van der Waals surface area contributed by atoms with Crippen molar-refractivity contribution >= 4 is 12.3 Å². The normalized spacial score (nSPS) is 42.5. The first-order valence-electron chi connectivity index (χ1n) is 19.9. The van der Waals surface area contributed by atoms with Gasteiger partial charge in [0.1, 0.15) is 36.8 Å². The number of aliphatic hydroxyl groups is 3. The lowest BCUT2D eigenvalue weighted by Crippen LogP contribution is -2.66. The van der Waals surface area contributed by atoms with E-state index in [9.17, 15) is 24.9 Å². The van der Waals surface area contributed by atoms with Crippen molar-refractivity contribution in [1.82, 2.24) is 4.90 Å². The lowest BCUT2D eigenvalue weighted by Gasteiger charge is -2.51. The molecule has 0 saturated carbocycles. The van der Waals surface area contributed by atoms with Gasteiger partial charge < -0.3 is 62.9 Å². The van der Waals surface area contributed by atoms with Crippen LogP contribution in [-0.4, -0.2) is 153 Å². The lowest BCUT2D eigenvalue weighted by atomic mass is 9.82. The molecule has 2 saturated heterocycles. The van der Waals surface area contributed by atoms with Crippen LogP contribution in [0, 0.1) is 17.8 Å². The monoisotopic (exact) mass is 785 g/mol. The highest BCUT2D eigenvalue weighted by Crippen LogP contribution is 2.38. The molecule has 3 heterocycles. The molecule has 0 aromatic rings. The minimum absolute atomic E-state index is 0.0156. The Hall–Kier alpha value is -1.82. The van der Waals surface area contributed by atoms with Crippen LogP contribution in [0.4, 0.5) is 0 Å². The Balaban J connectivity index is 1.91. The summed E-state index contributed by atoms with van der Waals surface area (Å²) in [6, 6.07) is -0.654. The highest BCUT2D eigenvalue weighted by molar-refractivity contribution is 5.70. The van der Waals surface area contributed by atoms with E-state index in [1.165, 1.54) is 7.11 Å². The summed E-state index contributed by atoms with van der Waals surface area (Å²) in [7, 11) is 6.68. The molecule has 14 heteroatoms. The largest absolute Gasteiger partial charge is 0.462 e. The van der Waals surface area contributed by atoms with Crippen molar-refractivity contribution in [1.29, 1.82) is 0 Å². The van der Waals surface area contributed by atoms with Gasteiger partial charge in [-0.2, -0.15) is 0 Å². The van der Waals surface area contributed by atoms with Crippen molar-refractivity contribution in [2.45, 2.75) is 172 Å². The fourth-order valence-corrected chi connectivity index (χ4v) is 7.96. The van der Waals surface area contributed by atoms with Gasteiger partial charge in [-0.1, -0.05) is 45.1 Å². The fourth-order valence-electron chi connectivity index (χ4n) is 7.96. The topological polar surface area (TPSA) is 172 Å². The number of methoxy groups -OCH3 is 2. The molecule has 318 valence electrons. The number of carbonyl (C=O) groups excluding carboxylic acids is 2. The molecule has 3 aliphatic rings. The maximum atomic E-state index is 12.9. The number of nitrogens with zero attached hydrogens (tertiary/aromatic N) is 1. The number of hydrogen-bond donors (Lipinski definition) is 3. The summed E-state index contributed by atoms with van der Waals surface area (Å²) in [5.74, 6) is -1.09. The zero-order chi connectivity index (χ0) is 41.0. The third-order valence-electron chi connectivity index (χ3n) is 11.2. The predicted octanol–water partition coefficient (Wildman–Crippen LogP) is 3.57. The van der Waals surface area contributed by atoms with E-state index in [4.69, 9.17) is 37.9 Å². The average molecular weight is 786 g/mol. The summed E-state index contributed by atoms with van der Waals surface area (Å²) in [6.45, 7) is 14.2. The first kappa shape index (κ1) is 47.6. The van der Waals surface area contributed by atoms with Crippen molar-refractivity contribution in [2.75, 3.05) is 34.9 Å². The van der Waals surface area contributed by atoms with Crippen molar-refractivity contribution < 1.29 is 62.8 Å². The van der Waals surface area contributed by atoms with Crippen molar-refractivity contribution in [3.05, 3.63) is 24.3 Å². The fraction of sp³-hybridized carbons (Fsp3) is 0.854. The molecule has 0 bridgehead atoms. The number of aldehydes is 1. The summed E-state index contributed by atoms with van der Waals surface area (Å²) in [6.07, 6.45) is -0.810. The maximum absolute atomic E-state index is 12.9. The van der Waals surface area contributed by atoms with Gasteiger partial charge in [0.15, 0.2) is 12.6 Å². The van der Waals surface area contributed by atoms with Gasteiger partial charge in [0.25, 0.3) is 0 Å². The van der Waals surface area contributed by atoms with Gasteiger partial charge in [-0.05, 0) is 72.4 Å². The Labute approximate surface area is 328 Å². The molecule has 3 aliphatic heterocycles. The van der Waals surface area contributed by atoms with E-state index >= 15 is 0 Å². The van der Waals surface area contributed by atoms with E-state index < -0.39 is 91.4 Å². The van der Waals surface area contributed by atoms with Crippen LogP contribution in [0.5, 0.6) is 0 Å². The van der Waals surface area contributed by atoms with Gasteiger partial charge in [0.05, 0.1) is 48.6 Å². The van der Waals surface area contributed by atoms with Gasteiger partial charge in [-0.3, -0.25) is 4.79 Å². The summed E-state index contributed by atoms with van der Waals surface area (Å²) in [4.78, 5) is 26.9. The second-order valence-electron chi connectivity index (χ2n) is 16.5. The molecule has 0 amide bonds. The number of aliphatic hydroxyl groups excluding tert-OH is 3. The van der Waals surface area contributed by atoms with Gasteiger partial charge in [0.2, 0.25) is 0 Å². The highest BCUT2D eigenvalue weighted by Gasteiger charge is 2.52. The molecule has 0 radical (unpaired) electrons. The zero-order valence-electron chi connectivity index (χ0n) is 34.9. The quantitative estimate of drug-likeness (QED) is 0.183. The summed E-state index contributed by atoms with van der Waals surface area (Å²) >= 11 is 0. The van der Waals surface area contributed by atoms with E-state index in [-0.39, 0.29) is 31.0 Å². The molecule has 14 nitrogen and oxygen atoms in total. The molecule has 0 unspecified atom stereocenters. The number of allylic oxidation sites excluding steroid dienone is 2. The van der Waals surface area contributed by atoms with Crippen LogP contribution in [0.25, 0.3) is 0 Å². The second kappa shape index (κ2) is 22.4. The second-order valence-corrected chi connectivity index (χ2v) is 16.5. The number of likely N-dealkylation sites (N-methyl/N-ethyl adjacent to an activating group) is 1. The van der Waals surface area contributed by atoms with Crippen molar-refractivity contribution in [3.8, 4) is 0 Å². The van der Waals surface area contributed by atoms with Crippen LogP contribution in [0.2, 0.25) is 0 Å². The number of carbonyl (C=O) groups is 2. The number of ether oxygens (including phenoxy) is 8. The van der Waals surface area contributed by atoms with Crippen LogP contribution in [0.1, 0.15) is 87.0 Å². The summed E-state index contributed by atoms with van der Waals surface area (Å²) < 4.78 is 49.7.